The standard InChI is InChI=1S/C16H18N4/c1-19(2)14-5-7-15(8-6-14)20-11-13(17)10-12-4-3-9-18-16(12)20/h3-10H,11,17H2,1-2H3. The van der Waals surface area contributed by atoms with Crippen molar-refractivity contribution in [2.75, 3.05) is 30.4 Å². The van der Waals surface area contributed by atoms with Gasteiger partial charge in [-0.05, 0) is 42.5 Å². The summed E-state index contributed by atoms with van der Waals surface area (Å²) in [5, 5.41) is 0. The van der Waals surface area contributed by atoms with Crippen molar-refractivity contribution in [3.63, 3.8) is 0 Å². The molecular weight excluding hydrogens is 248 g/mol. The number of nitrogens with zero attached hydrogens (tertiary/aromatic N) is 3. The third kappa shape index (κ3) is 2.20. The molecule has 0 unspecified atom stereocenters. The van der Waals surface area contributed by atoms with E-state index in [1.807, 2.05) is 38.5 Å². The zero-order valence-corrected chi connectivity index (χ0v) is 11.7. The monoisotopic (exact) mass is 266 g/mol. The second-order valence-electron chi connectivity index (χ2n) is 5.13. The molecule has 20 heavy (non-hydrogen) atoms. The fourth-order valence-corrected chi connectivity index (χ4v) is 2.39. The molecule has 0 radical (unpaired) electrons. The van der Waals surface area contributed by atoms with Gasteiger partial charge in [-0.2, -0.15) is 0 Å². The lowest BCUT2D eigenvalue weighted by Gasteiger charge is -2.29. The molecule has 0 amide bonds. The van der Waals surface area contributed by atoms with Crippen LogP contribution in [0.3, 0.4) is 0 Å². The molecule has 0 fully saturated rings. The lowest BCUT2D eigenvalue weighted by atomic mass is 10.1. The van der Waals surface area contributed by atoms with Crippen LogP contribution in [0.15, 0.2) is 48.3 Å². The van der Waals surface area contributed by atoms with E-state index in [-0.39, 0.29) is 0 Å². The first-order chi connectivity index (χ1) is 9.65. The number of aromatic nitrogens is 1. The highest BCUT2D eigenvalue weighted by Crippen LogP contribution is 2.32. The van der Waals surface area contributed by atoms with Gasteiger partial charge in [-0.3, -0.25) is 0 Å². The molecule has 4 nitrogen and oxygen atoms in total. The number of rotatable bonds is 2. The van der Waals surface area contributed by atoms with E-state index in [0.717, 1.165) is 22.8 Å². The lowest BCUT2D eigenvalue weighted by Crippen LogP contribution is -2.27. The Kier molecular flexibility index (Phi) is 3.06. The Morgan fingerprint density at radius 2 is 1.90 bits per heavy atom. The Morgan fingerprint density at radius 3 is 2.60 bits per heavy atom. The van der Waals surface area contributed by atoms with Crippen LogP contribution in [0, 0.1) is 0 Å². The van der Waals surface area contributed by atoms with Gasteiger partial charge in [0.15, 0.2) is 0 Å². The third-order valence-corrected chi connectivity index (χ3v) is 3.43. The summed E-state index contributed by atoms with van der Waals surface area (Å²) in [4.78, 5) is 8.71. The maximum absolute atomic E-state index is 6.04. The number of fused-ring (bicyclic) bond motifs is 1. The van der Waals surface area contributed by atoms with Crippen LogP contribution in [0.2, 0.25) is 0 Å². The molecule has 0 saturated carbocycles. The summed E-state index contributed by atoms with van der Waals surface area (Å²) in [7, 11) is 4.07. The average Bonchev–Trinajstić information content (AvgIpc) is 2.46. The summed E-state index contributed by atoms with van der Waals surface area (Å²) in [6.07, 6.45) is 3.81. The van der Waals surface area contributed by atoms with Crippen molar-refractivity contribution in [3.05, 3.63) is 53.9 Å². The van der Waals surface area contributed by atoms with Crippen molar-refractivity contribution in [2.45, 2.75) is 0 Å². The predicted octanol–water partition coefficient (Wildman–Crippen LogP) is 2.60. The molecule has 0 spiro atoms. The first-order valence-electron chi connectivity index (χ1n) is 6.61. The molecule has 0 aliphatic carbocycles. The van der Waals surface area contributed by atoms with Crippen molar-refractivity contribution in [3.8, 4) is 0 Å². The summed E-state index contributed by atoms with van der Waals surface area (Å²) in [5.74, 6) is 0.958. The molecule has 0 atom stereocenters. The van der Waals surface area contributed by atoms with Gasteiger partial charge >= 0.3 is 0 Å². The highest BCUT2D eigenvalue weighted by atomic mass is 15.2. The van der Waals surface area contributed by atoms with Crippen LogP contribution in [0.4, 0.5) is 17.2 Å². The third-order valence-electron chi connectivity index (χ3n) is 3.43. The second-order valence-corrected chi connectivity index (χ2v) is 5.13. The van der Waals surface area contributed by atoms with Crippen LogP contribution in [0.25, 0.3) is 6.08 Å². The molecule has 2 N–H and O–H groups in total. The van der Waals surface area contributed by atoms with E-state index < -0.39 is 0 Å². The van der Waals surface area contributed by atoms with Crippen molar-refractivity contribution in [1.29, 1.82) is 0 Å². The highest BCUT2D eigenvalue weighted by molar-refractivity contribution is 5.76. The second kappa shape index (κ2) is 4.89. The van der Waals surface area contributed by atoms with Gasteiger partial charge in [0.1, 0.15) is 5.82 Å². The number of benzene rings is 1. The topological polar surface area (TPSA) is 45.4 Å². The van der Waals surface area contributed by atoms with Gasteiger partial charge in [0.2, 0.25) is 0 Å². The molecule has 2 aromatic rings. The molecule has 1 aromatic heterocycles. The number of pyridine rings is 1. The first kappa shape index (κ1) is 12.5. The number of nitrogens with two attached hydrogens (primary N) is 1. The fourth-order valence-electron chi connectivity index (χ4n) is 2.39. The molecule has 1 aliphatic rings. The van der Waals surface area contributed by atoms with Gasteiger partial charge in [-0.25, -0.2) is 4.98 Å². The van der Waals surface area contributed by atoms with Crippen LogP contribution >= 0.6 is 0 Å². The van der Waals surface area contributed by atoms with Crippen LogP contribution in [-0.2, 0) is 0 Å². The molecule has 3 rings (SSSR count). The normalized spacial score (nSPS) is 13.7. The van der Waals surface area contributed by atoms with Gasteiger partial charge in [0.05, 0.1) is 6.54 Å². The summed E-state index contributed by atoms with van der Waals surface area (Å²) >= 11 is 0. The molecule has 0 saturated heterocycles. The maximum atomic E-state index is 6.04. The molecular formula is C16H18N4. The summed E-state index contributed by atoms with van der Waals surface area (Å²) in [6.45, 7) is 0.672. The number of hydrogen-bond acceptors (Lipinski definition) is 4. The molecule has 102 valence electrons. The van der Waals surface area contributed by atoms with E-state index in [9.17, 15) is 0 Å². The van der Waals surface area contributed by atoms with E-state index in [0.29, 0.717) is 6.54 Å². The zero-order valence-electron chi connectivity index (χ0n) is 11.7. The smallest absolute Gasteiger partial charge is 0.140 e. The summed E-state index contributed by atoms with van der Waals surface area (Å²) in [6, 6.07) is 12.4. The van der Waals surface area contributed by atoms with E-state index in [2.05, 4.69) is 39.0 Å². The molecule has 1 aliphatic heterocycles. The Labute approximate surface area is 119 Å². The quantitative estimate of drug-likeness (QED) is 0.907. The van der Waals surface area contributed by atoms with E-state index in [1.54, 1.807) is 0 Å². The minimum absolute atomic E-state index is 0.672. The van der Waals surface area contributed by atoms with Gasteiger partial charge < -0.3 is 15.5 Å². The van der Waals surface area contributed by atoms with E-state index in [1.165, 1.54) is 5.69 Å². The Morgan fingerprint density at radius 1 is 1.15 bits per heavy atom. The zero-order chi connectivity index (χ0) is 14.1. The van der Waals surface area contributed by atoms with Crippen LogP contribution in [0.5, 0.6) is 0 Å². The van der Waals surface area contributed by atoms with Gasteiger partial charge in [0, 0.05) is 42.9 Å². The predicted molar refractivity (Wildman–Crippen MR) is 84.2 cm³/mol. The molecule has 4 heteroatoms. The van der Waals surface area contributed by atoms with E-state index >= 15 is 0 Å². The minimum atomic E-state index is 0.672. The Hall–Kier alpha value is -2.49. The van der Waals surface area contributed by atoms with Crippen LogP contribution < -0.4 is 15.5 Å². The highest BCUT2D eigenvalue weighted by Gasteiger charge is 2.19. The van der Waals surface area contributed by atoms with Gasteiger partial charge in [-0.15, -0.1) is 0 Å². The Balaban J connectivity index is 2.00. The first-order valence-corrected chi connectivity index (χ1v) is 6.61. The number of anilines is 3. The molecule has 0 bridgehead atoms. The minimum Gasteiger partial charge on any atom is -0.401 e. The molecule has 2 heterocycles. The maximum Gasteiger partial charge on any atom is 0.140 e. The van der Waals surface area contributed by atoms with Crippen LogP contribution in [-0.4, -0.2) is 25.6 Å². The van der Waals surface area contributed by atoms with Crippen LogP contribution in [0.1, 0.15) is 5.56 Å². The van der Waals surface area contributed by atoms with Crippen molar-refractivity contribution in [2.24, 2.45) is 5.73 Å². The average molecular weight is 266 g/mol. The van der Waals surface area contributed by atoms with Gasteiger partial charge in [-0.1, -0.05) is 0 Å². The van der Waals surface area contributed by atoms with Crippen molar-refractivity contribution < 1.29 is 0 Å². The van der Waals surface area contributed by atoms with Crippen molar-refractivity contribution in [1.82, 2.24) is 4.98 Å². The van der Waals surface area contributed by atoms with Gasteiger partial charge in [0.25, 0.3) is 0 Å². The number of hydrogen-bond donors (Lipinski definition) is 1. The summed E-state index contributed by atoms with van der Waals surface area (Å²) in [5.41, 5.74) is 10.2. The van der Waals surface area contributed by atoms with Crippen molar-refractivity contribution >= 4 is 23.3 Å². The fraction of sp³-hybridized carbons (Fsp3) is 0.188. The lowest BCUT2D eigenvalue weighted by molar-refractivity contribution is 0.974. The largest absolute Gasteiger partial charge is 0.401 e. The SMILES string of the molecule is CN(C)c1ccc(N2CC(N)=Cc3cccnc32)cc1. The summed E-state index contributed by atoms with van der Waals surface area (Å²) < 4.78 is 0. The Bertz CT molecular complexity index is 644. The molecule has 1 aromatic carbocycles. The van der Waals surface area contributed by atoms with E-state index in [4.69, 9.17) is 5.73 Å².